The summed E-state index contributed by atoms with van der Waals surface area (Å²) in [6, 6.07) is 14.1. The number of fused-ring (bicyclic) bond motifs is 2. The maximum Gasteiger partial charge on any atom is 0.379 e. The molecule has 0 radical (unpaired) electrons. The minimum absolute atomic E-state index is 0.134. The van der Waals surface area contributed by atoms with Crippen molar-refractivity contribution in [3.05, 3.63) is 77.2 Å². The third-order valence-electron chi connectivity index (χ3n) is 4.42. The lowest BCUT2D eigenvalue weighted by Crippen LogP contribution is -2.37. The summed E-state index contributed by atoms with van der Waals surface area (Å²) in [5.74, 6) is 0.731. The van der Waals surface area contributed by atoms with E-state index >= 15 is 0 Å². The van der Waals surface area contributed by atoms with Crippen LogP contribution in [0.15, 0.2) is 59.6 Å². The molecular weight excluding hydrogens is 472 g/mol. The van der Waals surface area contributed by atoms with Crippen molar-refractivity contribution in [2.24, 2.45) is 0 Å². The van der Waals surface area contributed by atoms with E-state index in [1.54, 1.807) is 23.9 Å². The van der Waals surface area contributed by atoms with Crippen LogP contribution in [0.2, 0.25) is 0 Å². The molecule has 0 bridgehead atoms. The highest BCUT2D eigenvalue weighted by Crippen LogP contribution is 2.33. The Morgan fingerprint density at radius 3 is 2.17 bits per heavy atom. The zero-order valence-electron chi connectivity index (χ0n) is 22.5. The van der Waals surface area contributed by atoms with Gasteiger partial charge in [0.05, 0.1) is 0 Å². The maximum absolute atomic E-state index is 13.1. The Morgan fingerprint density at radius 2 is 1.60 bits per heavy atom. The number of thioether (sulfide) groups is 1. The number of hydrazine groups is 1. The molecule has 2 aromatic rings. The largest absolute Gasteiger partial charge is 0.379 e. The predicted molar refractivity (Wildman–Crippen MR) is 145 cm³/mol. The third kappa shape index (κ3) is 17.1. The Balaban J connectivity index is 0. The number of nitrogens with one attached hydrogen (secondary N) is 1. The molecule has 200 valence electrons. The SMILES string of the molecule is C/C=C\N(C)N[C@@H](C)CCC.CC.CC.FC(F)F.Fc1ccc2c(c1)CSc1ccccc1C2. The lowest BCUT2D eigenvalue weighted by atomic mass is 10.0. The molecule has 1 aliphatic heterocycles. The number of halogens is 4. The zero-order chi connectivity index (χ0) is 27.2. The van der Waals surface area contributed by atoms with Crippen LogP contribution in [0.3, 0.4) is 0 Å². The zero-order valence-corrected chi connectivity index (χ0v) is 23.4. The van der Waals surface area contributed by atoms with Crippen molar-refractivity contribution in [3.8, 4) is 0 Å². The minimum Gasteiger partial charge on any atom is -0.319 e. The van der Waals surface area contributed by atoms with Crippen molar-refractivity contribution in [1.82, 2.24) is 10.4 Å². The second-order valence-electron chi connectivity index (χ2n) is 7.15. The van der Waals surface area contributed by atoms with Crippen LogP contribution in [0.1, 0.15) is 78.0 Å². The molecule has 2 nitrogen and oxygen atoms in total. The summed E-state index contributed by atoms with van der Waals surface area (Å²) in [4.78, 5) is 1.32. The minimum atomic E-state index is -3.67. The van der Waals surface area contributed by atoms with Crippen molar-refractivity contribution in [3.63, 3.8) is 0 Å². The molecule has 1 heterocycles. The van der Waals surface area contributed by atoms with E-state index in [0.717, 1.165) is 17.7 Å². The molecule has 0 saturated carbocycles. The van der Waals surface area contributed by atoms with E-state index in [1.165, 1.54) is 28.9 Å². The van der Waals surface area contributed by atoms with E-state index in [2.05, 4.69) is 43.5 Å². The lowest BCUT2D eigenvalue weighted by molar-refractivity contribution is 0.00819. The fourth-order valence-electron chi connectivity index (χ4n) is 3.16. The second-order valence-corrected chi connectivity index (χ2v) is 8.16. The van der Waals surface area contributed by atoms with E-state index in [4.69, 9.17) is 0 Å². The summed E-state index contributed by atoms with van der Waals surface area (Å²) in [6.07, 6.45) is 7.41. The van der Waals surface area contributed by atoms with Crippen LogP contribution in [-0.4, -0.2) is 24.8 Å². The van der Waals surface area contributed by atoms with Gasteiger partial charge in [-0.25, -0.2) is 9.82 Å². The molecule has 1 N–H and O–H groups in total. The number of nitrogens with zero attached hydrogens (tertiary/aromatic N) is 1. The van der Waals surface area contributed by atoms with E-state index in [-0.39, 0.29) is 5.82 Å². The molecule has 3 rings (SSSR count). The first-order valence-electron chi connectivity index (χ1n) is 12.3. The van der Waals surface area contributed by atoms with Gasteiger partial charge < -0.3 is 5.01 Å². The fraction of sp³-hybridized carbons (Fsp3) is 0.500. The number of benzene rings is 2. The van der Waals surface area contributed by atoms with Gasteiger partial charge in [0.2, 0.25) is 0 Å². The molecule has 0 amide bonds. The summed E-state index contributed by atoms with van der Waals surface area (Å²) >= 11 is 1.79. The number of alkyl halides is 3. The van der Waals surface area contributed by atoms with Crippen LogP contribution in [-0.2, 0) is 12.2 Å². The number of allylic oxidation sites excluding steroid dienone is 1. The Kier molecular flexibility index (Phi) is 22.6. The summed E-state index contributed by atoms with van der Waals surface area (Å²) < 4.78 is 42.1. The standard InChI is InChI=1S/C14H11FS.C9H20N2.2C2H6.CHF3/c15-13-6-5-10-7-11-3-1-2-4-14(11)16-9-12(10)8-13;1-5-7-9(3)10-11(4)8-6-2;2*1-2;2-1(3)4/h1-6,8H,7,9H2;6,8-10H,5,7H2,1-4H3;2*1-2H3;1H/b;8-6-;;;/t;9-;;;/m.0.../s1. The van der Waals surface area contributed by atoms with E-state index < -0.39 is 6.68 Å². The molecular formula is C28H44F4N2S. The van der Waals surface area contributed by atoms with Gasteiger partial charge in [-0.1, -0.05) is 71.4 Å². The van der Waals surface area contributed by atoms with Gasteiger partial charge in [0.1, 0.15) is 5.82 Å². The Bertz CT molecular complexity index is 798. The predicted octanol–water partition coefficient (Wildman–Crippen LogP) is 9.40. The molecule has 0 saturated heterocycles. The van der Waals surface area contributed by atoms with Gasteiger partial charge in [0, 0.05) is 29.9 Å². The highest BCUT2D eigenvalue weighted by atomic mass is 32.2. The first-order valence-corrected chi connectivity index (χ1v) is 13.3. The number of rotatable bonds is 5. The van der Waals surface area contributed by atoms with E-state index in [9.17, 15) is 17.6 Å². The second kappa shape index (κ2) is 22.5. The highest BCUT2D eigenvalue weighted by Gasteiger charge is 2.13. The van der Waals surface area contributed by atoms with E-state index in [0.29, 0.717) is 6.04 Å². The van der Waals surface area contributed by atoms with Gasteiger partial charge >= 0.3 is 6.68 Å². The van der Waals surface area contributed by atoms with Crippen LogP contribution in [0.25, 0.3) is 0 Å². The first-order chi connectivity index (χ1) is 16.8. The van der Waals surface area contributed by atoms with Gasteiger partial charge in [-0.15, -0.1) is 11.8 Å². The van der Waals surface area contributed by atoms with Crippen molar-refractivity contribution >= 4 is 11.8 Å². The highest BCUT2D eigenvalue weighted by molar-refractivity contribution is 7.98. The Morgan fingerprint density at radius 1 is 1.00 bits per heavy atom. The first kappa shape index (κ1) is 35.2. The molecule has 7 heteroatoms. The van der Waals surface area contributed by atoms with Crippen LogP contribution in [0.4, 0.5) is 17.6 Å². The normalized spacial score (nSPS) is 12.0. The van der Waals surface area contributed by atoms with Gasteiger partial charge in [-0.05, 0) is 61.6 Å². The molecule has 0 aromatic heterocycles. The average molecular weight is 517 g/mol. The van der Waals surface area contributed by atoms with Gasteiger partial charge in [-0.2, -0.15) is 13.2 Å². The number of hydrogen-bond donors (Lipinski definition) is 1. The van der Waals surface area contributed by atoms with Crippen molar-refractivity contribution < 1.29 is 17.6 Å². The average Bonchev–Trinajstić information content (AvgIpc) is 3.01. The maximum atomic E-state index is 13.1. The summed E-state index contributed by atoms with van der Waals surface area (Å²) in [5, 5.41) is 2.00. The molecule has 0 unspecified atom stereocenters. The Labute approximate surface area is 215 Å². The Hall–Kier alpha value is -1.99. The molecule has 0 fully saturated rings. The molecule has 2 aromatic carbocycles. The smallest absolute Gasteiger partial charge is 0.319 e. The van der Waals surface area contributed by atoms with Crippen molar-refractivity contribution in [2.75, 3.05) is 7.05 Å². The molecule has 35 heavy (non-hydrogen) atoms. The fourth-order valence-corrected chi connectivity index (χ4v) is 4.24. The van der Waals surface area contributed by atoms with Crippen LogP contribution >= 0.6 is 11.8 Å². The quantitative estimate of drug-likeness (QED) is 0.315. The molecule has 0 spiro atoms. The third-order valence-corrected chi connectivity index (χ3v) is 5.59. The molecule has 1 aliphatic rings. The molecule has 0 aliphatic carbocycles. The topological polar surface area (TPSA) is 15.3 Å². The van der Waals surface area contributed by atoms with Crippen LogP contribution in [0, 0.1) is 5.82 Å². The van der Waals surface area contributed by atoms with Crippen molar-refractivity contribution in [1.29, 1.82) is 0 Å². The van der Waals surface area contributed by atoms with Crippen molar-refractivity contribution in [2.45, 2.75) is 91.1 Å². The van der Waals surface area contributed by atoms with Gasteiger partial charge in [-0.3, -0.25) is 0 Å². The summed E-state index contributed by atoms with van der Waals surface area (Å²) in [7, 11) is 2.02. The summed E-state index contributed by atoms with van der Waals surface area (Å²) in [6.45, 7) is 10.8. The molecule has 1 atom stereocenters. The number of hydrogen-bond acceptors (Lipinski definition) is 3. The summed E-state index contributed by atoms with van der Waals surface area (Å²) in [5.41, 5.74) is 7.05. The van der Waals surface area contributed by atoms with Gasteiger partial charge in [0.25, 0.3) is 0 Å². The van der Waals surface area contributed by atoms with Gasteiger partial charge in [0.15, 0.2) is 0 Å². The van der Waals surface area contributed by atoms with Crippen LogP contribution < -0.4 is 5.43 Å². The van der Waals surface area contributed by atoms with Crippen LogP contribution in [0.5, 0.6) is 0 Å². The lowest BCUT2D eigenvalue weighted by Gasteiger charge is -2.20. The monoisotopic (exact) mass is 516 g/mol. The van der Waals surface area contributed by atoms with E-state index in [1.807, 2.05) is 65.0 Å².